The summed E-state index contributed by atoms with van der Waals surface area (Å²) in [6, 6.07) is 11.0. The summed E-state index contributed by atoms with van der Waals surface area (Å²) in [5, 5.41) is 2.82. The van der Waals surface area contributed by atoms with Crippen molar-refractivity contribution in [2.45, 2.75) is 13.8 Å². The van der Waals surface area contributed by atoms with Gasteiger partial charge in [0.05, 0.1) is 12.0 Å². The molecule has 1 heterocycles. The zero-order valence-electron chi connectivity index (χ0n) is 18.1. The van der Waals surface area contributed by atoms with E-state index in [0.29, 0.717) is 27.3 Å². The molecule has 0 radical (unpaired) electrons. The smallest absolute Gasteiger partial charge is 0.266 e. The lowest BCUT2D eigenvalue weighted by Gasteiger charge is -2.12. The molecule has 0 saturated carbocycles. The first-order valence-corrected chi connectivity index (χ1v) is 11.1. The highest BCUT2D eigenvalue weighted by Crippen LogP contribution is 2.34. The van der Waals surface area contributed by atoms with E-state index in [1.165, 1.54) is 23.8 Å². The minimum Gasteiger partial charge on any atom is -0.493 e. The van der Waals surface area contributed by atoms with Gasteiger partial charge >= 0.3 is 0 Å². The van der Waals surface area contributed by atoms with Crippen LogP contribution in [0.1, 0.15) is 16.7 Å². The molecule has 0 bridgehead atoms. The van der Waals surface area contributed by atoms with Crippen LogP contribution in [0, 0.1) is 13.8 Å². The highest BCUT2D eigenvalue weighted by Gasteiger charge is 2.31. The number of nitrogens with zero attached hydrogens (tertiary/aromatic N) is 1. The van der Waals surface area contributed by atoms with Gasteiger partial charge in [-0.15, -0.1) is 6.58 Å². The minimum atomic E-state index is -0.273. The van der Waals surface area contributed by atoms with E-state index in [1.807, 2.05) is 32.0 Å². The van der Waals surface area contributed by atoms with E-state index >= 15 is 0 Å². The summed E-state index contributed by atoms with van der Waals surface area (Å²) >= 11 is 6.51. The summed E-state index contributed by atoms with van der Waals surface area (Å²) in [5.74, 6) is 0.464. The first kappa shape index (κ1) is 23.6. The molecule has 32 heavy (non-hydrogen) atoms. The summed E-state index contributed by atoms with van der Waals surface area (Å²) in [7, 11) is 1.52. The third-order valence-corrected chi connectivity index (χ3v) is 6.20. The zero-order chi connectivity index (χ0) is 23.3. The Morgan fingerprint density at radius 2 is 1.97 bits per heavy atom. The van der Waals surface area contributed by atoms with Crippen molar-refractivity contribution in [2.75, 3.05) is 25.6 Å². The third kappa shape index (κ3) is 5.57. The van der Waals surface area contributed by atoms with Gasteiger partial charge in [0, 0.05) is 12.2 Å². The predicted molar refractivity (Wildman–Crippen MR) is 133 cm³/mol. The molecule has 1 aliphatic heterocycles. The number of anilines is 1. The summed E-state index contributed by atoms with van der Waals surface area (Å²) in [5.41, 5.74) is 3.74. The number of carbonyl (C=O) groups excluding carboxylic acids is 2. The van der Waals surface area contributed by atoms with Crippen LogP contribution in [0.15, 0.2) is 54.0 Å². The van der Waals surface area contributed by atoms with Crippen molar-refractivity contribution in [2.24, 2.45) is 0 Å². The highest BCUT2D eigenvalue weighted by molar-refractivity contribution is 8.26. The first-order chi connectivity index (χ1) is 15.3. The largest absolute Gasteiger partial charge is 0.493 e. The van der Waals surface area contributed by atoms with Crippen molar-refractivity contribution in [3.8, 4) is 11.5 Å². The number of amides is 2. The number of aryl methyl sites for hydroxylation is 2. The summed E-state index contributed by atoms with van der Waals surface area (Å²) < 4.78 is 11.6. The normalized spacial score (nSPS) is 14.6. The molecule has 0 aliphatic carbocycles. The van der Waals surface area contributed by atoms with Crippen molar-refractivity contribution in [1.82, 2.24) is 4.90 Å². The quantitative estimate of drug-likeness (QED) is 0.344. The lowest BCUT2D eigenvalue weighted by Crippen LogP contribution is -2.27. The van der Waals surface area contributed by atoms with Gasteiger partial charge in [0.1, 0.15) is 4.32 Å². The number of thioether (sulfide) groups is 1. The van der Waals surface area contributed by atoms with Crippen molar-refractivity contribution >= 4 is 51.9 Å². The maximum atomic E-state index is 12.5. The van der Waals surface area contributed by atoms with Crippen LogP contribution in [-0.4, -0.2) is 41.3 Å². The molecule has 8 heteroatoms. The lowest BCUT2D eigenvalue weighted by atomic mass is 10.1. The highest BCUT2D eigenvalue weighted by atomic mass is 32.2. The van der Waals surface area contributed by atoms with E-state index in [-0.39, 0.29) is 18.4 Å². The number of hydrogen-bond donors (Lipinski definition) is 1. The molecule has 1 saturated heterocycles. The van der Waals surface area contributed by atoms with Crippen molar-refractivity contribution in [3.05, 3.63) is 70.6 Å². The van der Waals surface area contributed by atoms with Crippen LogP contribution in [0.3, 0.4) is 0 Å². The molecule has 3 rings (SSSR count). The molecule has 2 aromatic rings. The van der Waals surface area contributed by atoms with Gasteiger partial charge in [-0.2, -0.15) is 0 Å². The van der Waals surface area contributed by atoms with Crippen LogP contribution in [0.4, 0.5) is 5.69 Å². The van der Waals surface area contributed by atoms with Crippen LogP contribution in [0.5, 0.6) is 11.5 Å². The van der Waals surface area contributed by atoms with Crippen LogP contribution in [0.2, 0.25) is 0 Å². The van der Waals surface area contributed by atoms with E-state index < -0.39 is 0 Å². The van der Waals surface area contributed by atoms with Crippen molar-refractivity contribution < 1.29 is 19.1 Å². The predicted octanol–water partition coefficient (Wildman–Crippen LogP) is 4.72. The fourth-order valence-electron chi connectivity index (χ4n) is 2.99. The van der Waals surface area contributed by atoms with Gasteiger partial charge in [-0.25, -0.2) is 0 Å². The topological polar surface area (TPSA) is 67.9 Å². The van der Waals surface area contributed by atoms with Gasteiger partial charge in [-0.1, -0.05) is 42.2 Å². The third-order valence-electron chi connectivity index (χ3n) is 4.82. The van der Waals surface area contributed by atoms with Gasteiger partial charge in [0.25, 0.3) is 11.8 Å². The lowest BCUT2D eigenvalue weighted by molar-refractivity contribution is -0.121. The Bertz CT molecular complexity index is 1110. The fourth-order valence-corrected chi connectivity index (χ4v) is 4.27. The van der Waals surface area contributed by atoms with Gasteiger partial charge in [0.15, 0.2) is 18.1 Å². The molecule has 0 unspecified atom stereocenters. The van der Waals surface area contributed by atoms with E-state index in [4.69, 9.17) is 21.7 Å². The second-order valence-electron chi connectivity index (χ2n) is 7.13. The molecule has 1 aliphatic rings. The van der Waals surface area contributed by atoms with Crippen LogP contribution < -0.4 is 14.8 Å². The van der Waals surface area contributed by atoms with Crippen LogP contribution in [0.25, 0.3) is 6.08 Å². The Morgan fingerprint density at radius 3 is 2.66 bits per heavy atom. The van der Waals surface area contributed by atoms with Crippen LogP contribution >= 0.6 is 24.0 Å². The minimum absolute atomic E-state index is 0.151. The summed E-state index contributed by atoms with van der Waals surface area (Å²) in [4.78, 5) is 26.8. The number of thiocarbonyl (C=S) groups is 1. The van der Waals surface area contributed by atoms with Gasteiger partial charge in [-0.3, -0.25) is 14.5 Å². The number of hydrogen-bond acceptors (Lipinski definition) is 6. The van der Waals surface area contributed by atoms with E-state index in [9.17, 15) is 9.59 Å². The molecular weight excluding hydrogens is 444 g/mol. The number of benzene rings is 2. The molecule has 6 nitrogen and oxygen atoms in total. The summed E-state index contributed by atoms with van der Waals surface area (Å²) in [6.45, 7) is 7.88. The zero-order valence-corrected chi connectivity index (χ0v) is 19.8. The van der Waals surface area contributed by atoms with Gasteiger partial charge < -0.3 is 14.8 Å². The number of methoxy groups -OCH3 is 1. The number of rotatable bonds is 8. The first-order valence-electron chi connectivity index (χ1n) is 9.86. The van der Waals surface area contributed by atoms with Crippen molar-refractivity contribution in [1.29, 1.82) is 0 Å². The second kappa shape index (κ2) is 10.5. The Balaban J connectivity index is 1.67. The van der Waals surface area contributed by atoms with E-state index in [2.05, 4.69) is 11.9 Å². The Kier molecular flexibility index (Phi) is 7.71. The van der Waals surface area contributed by atoms with Gasteiger partial charge in [-0.05, 0) is 60.9 Å². The SMILES string of the molecule is C=CCN1C(=O)/C(=C/c2ccc(OCC(=O)Nc3ccc(C)c(C)c3)c(OC)c2)SC1=S. The Labute approximate surface area is 197 Å². The monoisotopic (exact) mass is 468 g/mol. The maximum Gasteiger partial charge on any atom is 0.266 e. The molecule has 1 fully saturated rings. The number of ether oxygens (including phenoxy) is 2. The molecule has 2 amide bonds. The Hall–Kier alpha value is -3.10. The van der Waals surface area contributed by atoms with Crippen LogP contribution in [-0.2, 0) is 9.59 Å². The molecule has 0 aromatic heterocycles. The average Bonchev–Trinajstić information content (AvgIpc) is 3.03. The van der Waals surface area contributed by atoms with E-state index in [0.717, 1.165) is 22.4 Å². The Morgan fingerprint density at radius 1 is 1.19 bits per heavy atom. The summed E-state index contributed by atoms with van der Waals surface area (Å²) in [6.07, 6.45) is 3.39. The maximum absolute atomic E-state index is 12.5. The van der Waals surface area contributed by atoms with E-state index in [1.54, 1.807) is 30.4 Å². The standard InChI is InChI=1S/C24H24N2O4S2/c1-5-10-26-23(28)21(32-24(26)31)13-17-7-9-19(20(12-17)29-4)30-14-22(27)25-18-8-6-15(2)16(3)11-18/h5-9,11-13H,1,10,14H2,2-4H3,(H,25,27)/b21-13-. The van der Waals surface area contributed by atoms with Crippen molar-refractivity contribution in [3.63, 3.8) is 0 Å². The number of nitrogens with one attached hydrogen (secondary N) is 1. The average molecular weight is 469 g/mol. The van der Waals surface area contributed by atoms with Gasteiger partial charge in [0.2, 0.25) is 0 Å². The number of carbonyl (C=O) groups is 2. The molecular formula is C24H24N2O4S2. The molecule has 2 aromatic carbocycles. The molecule has 0 spiro atoms. The molecule has 1 N–H and O–H groups in total. The second-order valence-corrected chi connectivity index (χ2v) is 8.80. The fraction of sp³-hybridized carbons (Fsp3) is 0.208. The molecule has 0 atom stereocenters. The molecule has 166 valence electrons.